The van der Waals surface area contributed by atoms with Gasteiger partial charge in [0.15, 0.2) is 9.84 Å². The topological polar surface area (TPSA) is 63.4 Å². The molecule has 0 radical (unpaired) electrons. The van der Waals surface area contributed by atoms with Crippen molar-refractivity contribution in [3.05, 3.63) is 30.1 Å². The minimum Gasteiger partial charge on any atom is -0.367 e. The van der Waals surface area contributed by atoms with Crippen LogP contribution >= 0.6 is 0 Å². The van der Waals surface area contributed by atoms with Crippen molar-refractivity contribution in [2.75, 3.05) is 30.0 Å². The van der Waals surface area contributed by atoms with E-state index in [9.17, 15) is 12.8 Å². The van der Waals surface area contributed by atoms with Gasteiger partial charge in [0.1, 0.15) is 5.82 Å². The van der Waals surface area contributed by atoms with Gasteiger partial charge < -0.3 is 10.6 Å². The highest BCUT2D eigenvalue weighted by molar-refractivity contribution is 7.91. The molecular weight excluding hydrogens is 267 g/mol. The molecule has 0 aromatic heterocycles. The first-order valence-corrected chi connectivity index (χ1v) is 8.11. The van der Waals surface area contributed by atoms with Gasteiger partial charge in [-0.1, -0.05) is 6.07 Å². The van der Waals surface area contributed by atoms with Gasteiger partial charge in [-0.15, -0.1) is 0 Å². The molecule has 0 aliphatic carbocycles. The van der Waals surface area contributed by atoms with Crippen LogP contribution in [0.2, 0.25) is 0 Å². The quantitative estimate of drug-likeness (QED) is 0.906. The SMILES string of the molecule is CN(c1cccc(F)c1)C1(CN)CCCS(=O)(=O)C1. The van der Waals surface area contributed by atoms with Crippen molar-refractivity contribution in [1.82, 2.24) is 0 Å². The van der Waals surface area contributed by atoms with Gasteiger partial charge in [-0.3, -0.25) is 0 Å². The second kappa shape index (κ2) is 5.09. The maximum atomic E-state index is 13.3. The molecule has 1 aliphatic heterocycles. The van der Waals surface area contributed by atoms with Crippen molar-refractivity contribution in [2.45, 2.75) is 18.4 Å². The number of rotatable bonds is 3. The summed E-state index contributed by atoms with van der Waals surface area (Å²) < 4.78 is 37.0. The van der Waals surface area contributed by atoms with Crippen molar-refractivity contribution in [3.8, 4) is 0 Å². The van der Waals surface area contributed by atoms with Gasteiger partial charge in [-0.2, -0.15) is 0 Å². The minimum absolute atomic E-state index is 0.0313. The molecule has 1 fully saturated rings. The average molecular weight is 286 g/mol. The molecule has 0 spiro atoms. The van der Waals surface area contributed by atoms with Crippen LogP contribution in [0.4, 0.5) is 10.1 Å². The van der Waals surface area contributed by atoms with E-state index in [0.717, 1.165) is 0 Å². The highest BCUT2D eigenvalue weighted by Crippen LogP contribution is 2.31. The number of likely N-dealkylation sites (N-methyl/N-ethyl adjacent to an activating group) is 1. The smallest absolute Gasteiger partial charge is 0.152 e. The molecule has 1 atom stereocenters. The van der Waals surface area contributed by atoms with Gasteiger partial charge >= 0.3 is 0 Å². The first-order chi connectivity index (χ1) is 8.88. The van der Waals surface area contributed by atoms with Crippen LogP contribution in [-0.4, -0.2) is 39.1 Å². The maximum absolute atomic E-state index is 13.3. The monoisotopic (exact) mass is 286 g/mol. The molecule has 6 heteroatoms. The van der Waals surface area contributed by atoms with Crippen LogP contribution in [0.15, 0.2) is 24.3 Å². The van der Waals surface area contributed by atoms with Gasteiger partial charge in [0.05, 0.1) is 17.0 Å². The van der Waals surface area contributed by atoms with Crippen molar-refractivity contribution in [1.29, 1.82) is 0 Å². The largest absolute Gasteiger partial charge is 0.367 e. The molecule has 106 valence electrons. The molecule has 1 aromatic rings. The zero-order valence-corrected chi connectivity index (χ0v) is 11.8. The van der Waals surface area contributed by atoms with E-state index in [0.29, 0.717) is 18.5 Å². The normalized spacial score (nSPS) is 26.1. The van der Waals surface area contributed by atoms with Crippen LogP contribution in [0.3, 0.4) is 0 Å². The molecule has 1 aromatic carbocycles. The number of benzene rings is 1. The highest BCUT2D eigenvalue weighted by atomic mass is 32.2. The fourth-order valence-electron chi connectivity index (χ4n) is 2.70. The molecule has 1 saturated heterocycles. The van der Waals surface area contributed by atoms with Crippen LogP contribution in [0.5, 0.6) is 0 Å². The molecule has 0 saturated carbocycles. The number of nitrogens with zero attached hydrogens (tertiary/aromatic N) is 1. The Morgan fingerprint density at radius 1 is 1.47 bits per heavy atom. The van der Waals surface area contributed by atoms with E-state index in [2.05, 4.69) is 0 Å². The number of nitrogens with two attached hydrogens (primary N) is 1. The number of hydrogen-bond acceptors (Lipinski definition) is 4. The maximum Gasteiger partial charge on any atom is 0.152 e. The molecular formula is C13H19FN2O2S. The van der Waals surface area contributed by atoms with E-state index in [1.54, 1.807) is 19.2 Å². The van der Waals surface area contributed by atoms with Crippen LogP contribution in [0, 0.1) is 5.82 Å². The van der Waals surface area contributed by atoms with E-state index >= 15 is 0 Å². The fraction of sp³-hybridized carbons (Fsp3) is 0.538. The Morgan fingerprint density at radius 3 is 2.79 bits per heavy atom. The molecule has 2 N–H and O–H groups in total. The van der Waals surface area contributed by atoms with E-state index in [4.69, 9.17) is 5.73 Å². The summed E-state index contributed by atoms with van der Waals surface area (Å²) in [5.74, 6) is -0.0925. The van der Waals surface area contributed by atoms with E-state index in [1.165, 1.54) is 12.1 Å². The molecule has 1 unspecified atom stereocenters. The number of halogens is 1. The summed E-state index contributed by atoms with van der Waals surface area (Å²) >= 11 is 0. The lowest BCUT2D eigenvalue weighted by Crippen LogP contribution is -2.59. The molecule has 1 heterocycles. The van der Waals surface area contributed by atoms with E-state index in [-0.39, 0.29) is 23.9 Å². The Bertz CT molecular complexity index is 562. The number of hydrogen-bond donors (Lipinski definition) is 1. The van der Waals surface area contributed by atoms with E-state index in [1.807, 2.05) is 4.90 Å². The van der Waals surface area contributed by atoms with Gasteiger partial charge in [0.2, 0.25) is 0 Å². The summed E-state index contributed by atoms with van der Waals surface area (Å²) in [5, 5.41) is 0. The average Bonchev–Trinajstić information content (AvgIpc) is 2.36. The van der Waals surface area contributed by atoms with Gasteiger partial charge in [-0.05, 0) is 31.0 Å². The highest BCUT2D eigenvalue weighted by Gasteiger charge is 2.41. The first kappa shape index (κ1) is 14.3. The molecule has 4 nitrogen and oxygen atoms in total. The lowest BCUT2D eigenvalue weighted by molar-refractivity contribution is 0.398. The molecule has 2 rings (SSSR count). The Hall–Kier alpha value is -1.14. The Kier molecular flexibility index (Phi) is 3.82. The predicted octanol–water partition coefficient (Wildman–Crippen LogP) is 1.17. The summed E-state index contributed by atoms with van der Waals surface area (Å²) in [7, 11) is -1.30. The zero-order valence-electron chi connectivity index (χ0n) is 11.0. The van der Waals surface area contributed by atoms with Crippen LogP contribution in [0.1, 0.15) is 12.8 Å². The number of sulfone groups is 1. The van der Waals surface area contributed by atoms with Crippen molar-refractivity contribution in [3.63, 3.8) is 0 Å². The van der Waals surface area contributed by atoms with Gasteiger partial charge in [0, 0.05) is 19.3 Å². The molecule has 1 aliphatic rings. The first-order valence-electron chi connectivity index (χ1n) is 6.28. The van der Waals surface area contributed by atoms with Crippen molar-refractivity contribution >= 4 is 15.5 Å². The van der Waals surface area contributed by atoms with Gasteiger partial charge in [-0.25, -0.2) is 12.8 Å². The van der Waals surface area contributed by atoms with Crippen molar-refractivity contribution in [2.24, 2.45) is 5.73 Å². The molecule has 19 heavy (non-hydrogen) atoms. The summed E-state index contributed by atoms with van der Waals surface area (Å²) in [6.45, 7) is 0.235. The third-order valence-electron chi connectivity index (χ3n) is 3.87. The summed E-state index contributed by atoms with van der Waals surface area (Å²) in [6.07, 6.45) is 1.30. The zero-order chi connectivity index (χ0) is 14.1. The third-order valence-corrected chi connectivity index (χ3v) is 5.76. The van der Waals surface area contributed by atoms with Crippen molar-refractivity contribution < 1.29 is 12.8 Å². The standard InChI is InChI=1S/C13H19FN2O2S/c1-16(12-5-2-4-11(14)8-12)13(9-15)6-3-7-19(17,18)10-13/h2,4-5,8H,3,6-7,9-10,15H2,1H3. The summed E-state index contributed by atoms with van der Waals surface area (Å²) in [6, 6.07) is 6.15. The lowest BCUT2D eigenvalue weighted by atomic mass is 9.93. The Morgan fingerprint density at radius 2 is 2.21 bits per heavy atom. The fourth-order valence-corrected chi connectivity index (χ4v) is 4.70. The molecule has 0 amide bonds. The van der Waals surface area contributed by atoms with Crippen LogP contribution in [-0.2, 0) is 9.84 Å². The van der Waals surface area contributed by atoms with Crippen LogP contribution < -0.4 is 10.6 Å². The van der Waals surface area contributed by atoms with Gasteiger partial charge in [0.25, 0.3) is 0 Å². The Labute approximate surface area is 113 Å². The molecule has 0 bridgehead atoms. The van der Waals surface area contributed by atoms with Crippen LogP contribution in [0.25, 0.3) is 0 Å². The lowest BCUT2D eigenvalue weighted by Gasteiger charge is -2.44. The number of anilines is 1. The second-order valence-corrected chi connectivity index (χ2v) is 7.35. The second-order valence-electron chi connectivity index (χ2n) is 5.16. The predicted molar refractivity (Wildman–Crippen MR) is 74.5 cm³/mol. The summed E-state index contributed by atoms with van der Waals surface area (Å²) in [5.41, 5.74) is 5.86. The van der Waals surface area contributed by atoms with E-state index < -0.39 is 15.4 Å². The minimum atomic E-state index is -3.08. The third kappa shape index (κ3) is 2.90. The summed E-state index contributed by atoms with van der Waals surface area (Å²) in [4.78, 5) is 1.81. The Balaban J connectivity index is 2.36.